The summed E-state index contributed by atoms with van der Waals surface area (Å²) in [5, 5.41) is 0.907. The second-order valence-electron chi connectivity index (χ2n) is 7.28. The zero-order valence-electron chi connectivity index (χ0n) is 17.6. The van der Waals surface area contributed by atoms with Crippen LogP contribution in [0.1, 0.15) is 21.6 Å². The molecular weight excluding hydrogens is 466 g/mol. The summed E-state index contributed by atoms with van der Waals surface area (Å²) < 4.78 is 29.4. The Balaban J connectivity index is 1.65. The Bertz CT molecular complexity index is 1270. The van der Waals surface area contributed by atoms with Crippen molar-refractivity contribution >= 4 is 29.3 Å². The van der Waals surface area contributed by atoms with Gasteiger partial charge in [-0.25, -0.2) is 13.8 Å². The number of pyridine rings is 1. The lowest BCUT2D eigenvalue weighted by Gasteiger charge is -2.19. The first-order valence-corrected chi connectivity index (χ1v) is 11.3. The van der Waals surface area contributed by atoms with E-state index in [0.29, 0.717) is 33.7 Å². The number of hydrogen-bond donors (Lipinski definition) is 0. The summed E-state index contributed by atoms with van der Waals surface area (Å²) in [6, 6.07) is 13.8. The van der Waals surface area contributed by atoms with Crippen molar-refractivity contribution in [2.24, 2.45) is 0 Å². The standard InChI is InChI=1S/C24H19ClF2N4OS/c1-30(14-16-8-10-28-11-9-16)23(32)22-13-29-24(31(22)20-5-3-19(26)4-6-20)33-15-17-12-18(25)2-7-21(17)27/h2-13H,14-15H2,1H3. The summed E-state index contributed by atoms with van der Waals surface area (Å²) in [7, 11) is 1.69. The molecule has 2 aromatic carbocycles. The average molecular weight is 485 g/mol. The first-order chi connectivity index (χ1) is 15.9. The number of thioether (sulfide) groups is 1. The lowest BCUT2D eigenvalue weighted by Crippen LogP contribution is -2.28. The minimum Gasteiger partial charge on any atom is -0.336 e. The largest absolute Gasteiger partial charge is 0.336 e. The molecule has 0 aliphatic rings. The molecule has 0 aliphatic heterocycles. The number of carbonyl (C=O) groups excluding carboxylic acids is 1. The fraction of sp³-hybridized carbons (Fsp3) is 0.125. The Morgan fingerprint density at radius 1 is 1.09 bits per heavy atom. The lowest BCUT2D eigenvalue weighted by atomic mass is 10.2. The number of amides is 1. The van der Waals surface area contributed by atoms with Crippen molar-refractivity contribution in [3.63, 3.8) is 0 Å². The van der Waals surface area contributed by atoms with Gasteiger partial charge in [0.15, 0.2) is 5.16 Å². The molecule has 0 saturated heterocycles. The maximum Gasteiger partial charge on any atom is 0.272 e. The summed E-state index contributed by atoms with van der Waals surface area (Å²) in [6.45, 7) is 0.381. The van der Waals surface area contributed by atoms with Crippen molar-refractivity contribution in [2.75, 3.05) is 7.05 Å². The van der Waals surface area contributed by atoms with Gasteiger partial charge in [0.05, 0.1) is 6.20 Å². The predicted octanol–water partition coefficient (Wildman–Crippen LogP) is 5.76. The molecule has 0 radical (unpaired) electrons. The second kappa shape index (κ2) is 10.1. The number of benzene rings is 2. The van der Waals surface area contributed by atoms with Crippen molar-refractivity contribution < 1.29 is 13.6 Å². The molecule has 0 fully saturated rings. The van der Waals surface area contributed by atoms with E-state index in [0.717, 1.165) is 5.56 Å². The molecule has 0 aliphatic carbocycles. The van der Waals surface area contributed by atoms with Gasteiger partial charge in [-0.05, 0) is 65.7 Å². The van der Waals surface area contributed by atoms with E-state index in [1.54, 1.807) is 47.1 Å². The summed E-state index contributed by atoms with van der Waals surface area (Å²) in [4.78, 5) is 23.3. The van der Waals surface area contributed by atoms with Gasteiger partial charge in [-0.2, -0.15) is 0 Å². The molecule has 0 saturated carbocycles. The van der Waals surface area contributed by atoms with E-state index in [2.05, 4.69) is 9.97 Å². The average Bonchev–Trinajstić information content (AvgIpc) is 3.24. The van der Waals surface area contributed by atoms with E-state index in [1.807, 2.05) is 12.1 Å². The zero-order valence-corrected chi connectivity index (χ0v) is 19.2. The maximum atomic E-state index is 14.2. The van der Waals surface area contributed by atoms with E-state index in [9.17, 15) is 13.6 Å². The van der Waals surface area contributed by atoms with E-state index in [1.165, 1.54) is 42.2 Å². The van der Waals surface area contributed by atoms with Gasteiger partial charge in [-0.1, -0.05) is 23.4 Å². The van der Waals surface area contributed by atoms with Crippen molar-refractivity contribution in [1.29, 1.82) is 0 Å². The van der Waals surface area contributed by atoms with Crippen LogP contribution >= 0.6 is 23.4 Å². The monoisotopic (exact) mass is 484 g/mol. The van der Waals surface area contributed by atoms with Crippen LogP contribution in [0.4, 0.5) is 8.78 Å². The predicted molar refractivity (Wildman–Crippen MR) is 125 cm³/mol. The van der Waals surface area contributed by atoms with Gasteiger partial charge in [-0.3, -0.25) is 14.3 Å². The lowest BCUT2D eigenvalue weighted by molar-refractivity contribution is 0.0776. The van der Waals surface area contributed by atoms with E-state index in [-0.39, 0.29) is 17.5 Å². The van der Waals surface area contributed by atoms with Gasteiger partial charge in [0.1, 0.15) is 17.3 Å². The van der Waals surface area contributed by atoms with Crippen LogP contribution in [-0.2, 0) is 12.3 Å². The number of carbonyl (C=O) groups is 1. The van der Waals surface area contributed by atoms with Crippen LogP contribution in [0, 0.1) is 11.6 Å². The molecule has 0 spiro atoms. The van der Waals surface area contributed by atoms with E-state index < -0.39 is 5.82 Å². The third-order valence-corrected chi connectivity index (χ3v) is 6.15. The highest BCUT2D eigenvalue weighted by Gasteiger charge is 2.22. The molecule has 4 aromatic rings. The Kier molecular flexibility index (Phi) is 7.05. The van der Waals surface area contributed by atoms with Crippen molar-refractivity contribution in [3.8, 4) is 5.69 Å². The molecule has 33 heavy (non-hydrogen) atoms. The Morgan fingerprint density at radius 2 is 1.82 bits per heavy atom. The van der Waals surface area contributed by atoms with Gasteiger partial charge in [-0.15, -0.1) is 0 Å². The number of hydrogen-bond acceptors (Lipinski definition) is 4. The highest BCUT2D eigenvalue weighted by Crippen LogP contribution is 2.29. The number of aromatic nitrogens is 3. The minimum absolute atomic E-state index is 0.255. The van der Waals surface area contributed by atoms with E-state index in [4.69, 9.17) is 11.6 Å². The summed E-state index contributed by atoms with van der Waals surface area (Å²) >= 11 is 7.26. The Hall–Kier alpha value is -3.23. The highest BCUT2D eigenvalue weighted by atomic mass is 35.5. The van der Waals surface area contributed by atoms with Crippen molar-refractivity contribution in [3.05, 3.63) is 107 Å². The molecule has 5 nitrogen and oxygen atoms in total. The van der Waals surface area contributed by atoms with Crippen LogP contribution in [0.2, 0.25) is 5.02 Å². The Labute approximate surface area is 199 Å². The fourth-order valence-corrected chi connectivity index (χ4v) is 4.41. The number of nitrogens with zero attached hydrogens (tertiary/aromatic N) is 4. The third-order valence-electron chi connectivity index (χ3n) is 4.91. The van der Waals surface area contributed by atoms with Crippen LogP contribution in [-0.4, -0.2) is 32.4 Å². The minimum atomic E-state index is -0.392. The second-order valence-corrected chi connectivity index (χ2v) is 8.66. The smallest absolute Gasteiger partial charge is 0.272 e. The topological polar surface area (TPSA) is 51.0 Å². The zero-order chi connectivity index (χ0) is 23.4. The van der Waals surface area contributed by atoms with Gasteiger partial charge < -0.3 is 4.90 Å². The molecule has 2 heterocycles. The molecule has 2 aromatic heterocycles. The molecule has 0 N–H and O–H groups in total. The number of halogens is 3. The first kappa shape index (κ1) is 22.9. The van der Waals surface area contributed by atoms with Gasteiger partial charge in [0.2, 0.25) is 0 Å². The van der Waals surface area contributed by atoms with Crippen LogP contribution in [0.3, 0.4) is 0 Å². The van der Waals surface area contributed by atoms with Crippen LogP contribution in [0.5, 0.6) is 0 Å². The summed E-state index contributed by atoms with van der Waals surface area (Å²) in [6.07, 6.45) is 4.81. The molecule has 0 bridgehead atoms. The quantitative estimate of drug-likeness (QED) is 0.313. The highest BCUT2D eigenvalue weighted by molar-refractivity contribution is 7.98. The summed E-state index contributed by atoms with van der Waals surface area (Å²) in [5.74, 6) is -0.771. The Morgan fingerprint density at radius 3 is 2.55 bits per heavy atom. The van der Waals surface area contributed by atoms with Crippen LogP contribution < -0.4 is 0 Å². The molecular formula is C24H19ClF2N4OS. The summed E-state index contributed by atoms with van der Waals surface area (Å²) in [5.41, 5.74) is 2.24. The molecule has 168 valence electrons. The van der Waals surface area contributed by atoms with Crippen molar-refractivity contribution in [1.82, 2.24) is 19.4 Å². The van der Waals surface area contributed by atoms with Crippen molar-refractivity contribution in [2.45, 2.75) is 17.5 Å². The first-order valence-electron chi connectivity index (χ1n) is 9.97. The number of rotatable bonds is 7. The van der Waals surface area contributed by atoms with Gasteiger partial charge >= 0.3 is 0 Å². The molecule has 1 amide bonds. The van der Waals surface area contributed by atoms with Crippen LogP contribution in [0.15, 0.2) is 78.3 Å². The SMILES string of the molecule is CN(Cc1ccncc1)C(=O)c1cnc(SCc2cc(Cl)ccc2F)n1-c1ccc(F)cc1. The van der Waals surface area contributed by atoms with Gasteiger partial charge in [0, 0.05) is 42.4 Å². The van der Waals surface area contributed by atoms with Crippen LogP contribution in [0.25, 0.3) is 5.69 Å². The maximum absolute atomic E-state index is 14.2. The number of imidazole rings is 1. The van der Waals surface area contributed by atoms with E-state index >= 15 is 0 Å². The van der Waals surface area contributed by atoms with Gasteiger partial charge in [0.25, 0.3) is 5.91 Å². The molecule has 4 rings (SSSR count). The molecule has 9 heteroatoms. The molecule has 0 atom stereocenters. The normalized spacial score (nSPS) is 10.9. The fourth-order valence-electron chi connectivity index (χ4n) is 3.25. The molecule has 0 unspecified atom stereocenters. The third kappa shape index (κ3) is 5.40.